The van der Waals surface area contributed by atoms with E-state index in [1.807, 2.05) is 18.2 Å². The number of carbonyl (C=O) groups is 1. The standard InChI is InChI=1S/C14H18ClNO/c1-2-14(8-5-9-16-10-14)13(17)11-6-3-4-7-12(11)15/h3-4,6-7,16H,2,5,8-10H2,1H3. The maximum Gasteiger partial charge on any atom is 0.171 e. The number of benzene rings is 1. The number of rotatable bonds is 3. The van der Waals surface area contributed by atoms with Crippen molar-refractivity contribution in [3.05, 3.63) is 34.9 Å². The first-order valence-corrected chi connectivity index (χ1v) is 6.57. The smallest absolute Gasteiger partial charge is 0.171 e. The lowest BCUT2D eigenvalue weighted by molar-refractivity contribution is 0.0731. The van der Waals surface area contributed by atoms with Crippen molar-refractivity contribution in [1.29, 1.82) is 0 Å². The number of Topliss-reactive ketones (excluding diaryl/α,β-unsaturated/α-hetero) is 1. The Labute approximate surface area is 107 Å². The maximum absolute atomic E-state index is 12.6. The average molecular weight is 252 g/mol. The van der Waals surface area contributed by atoms with Crippen LogP contribution in [-0.2, 0) is 0 Å². The molecule has 1 saturated heterocycles. The van der Waals surface area contributed by atoms with Crippen LogP contribution in [0.25, 0.3) is 0 Å². The minimum atomic E-state index is -0.261. The summed E-state index contributed by atoms with van der Waals surface area (Å²) in [6.45, 7) is 3.87. The van der Waals surface area contributed by atoms with Crippen molar-refractivity contribution < 1.29 is 4.79 Å². The summed E-state index contributed by atoms with van der Waals surface area (Å²) in [6.07, 6.45) is 2.88. The van der Waals surface area contributed by atoms with E-state index >= 15 is 0 Å². The number of nitrogens with one attached hydrogen (secondary N) is 1. The van der Waals surface area contributed by atoms with Gasteiger partial charge >= 0.3 is 0 Å². The van der Waals surface area contributed by atoms with E-state index in [9.17, 15) is 4.79 Å². The Hall–Kier alpha value is -0.860. The van der Waals surface area contributed by atoms with E-state index in [1.165, 1.54) is 0 Å². The van der Waals surface area contributed by atoms with Crippen LogP contribution >= 0.6 is 11.6 Å². The van der Waals surface area contributed by atoms with Crippen LogP contribution in [0.3, 0.4) is 0 Å². The number of carbonyl (C=O) groups excluding carboxylic acids is 1. The van der Waals surface area contributed by atoms with Crippen LogP contribution in [0.1, 0.15) is 36.5 Å². The Bertz CT molecular complexity index is 410. The topological polar surface area (TPSA) is 29.1 Å². The molecule has 1 heterocycles. The monoisotopic (exact) mass is 251 g/mol. The molecule has 0 radical (unpaired) electrons. The number of ketones is 1. The summed E-state index contributed by atoms with van der Waals surface area (Å²) in [6, 6.07) is 7.35. The predicted octanol–water partition coefficient (Wildman–Crippen LogP) is 3.30. The van der Waals surface area contributed by atoms with Gasteiger partial charge in [0.1, 0.15) is 0 Å². The van der Waals surface area contributed by atoms with Gasteiger partial charge in [-0.25, -0.2) is 0 Å². The molecule has 3 heteroatoms. The summed E-state index contributed by atoms with van der Waals surface area (Å²) in [5, 5.41) is 3.90. The van der Waals surface area contributed by atoms with Crippen molar-refractivity contribution >= 4 is 17.4 Å². The van der Waals surface area contributed by atoms with Gasteiger partial charge < -0.3 is 5.32 Å². The van der Waals surface area contributed by atoms with Gasteiger partial charge in [0.15, 0.2) is 5.78 Å². The van der Waals surface area contributed by atoms with Crippen LogP contribution in [0.4, 0.5) is 0 Å². The van der Waals surface area contributed by atoms with Crippen LogP contribution in [-0.4, -0.2) is 18.9 Å². The molecule has 0 aliphatic carbocycles. The zero-order valence-corrected chi connectivity index (χ0v) is 10.9. The number of hydrogen-bond acceptors (Lipinski definition) is 2. The zero-order chi connectivity index (χ0) is 12.3. The van der Waals surface area contributed by atoms with Crippen LogP contribution in [0.5, 0.6) is 0 Å². The first-order chi connectivity index (χ1) is 8.19. The lowest BCUT2D eigenvalue weighted by Crippen LogP contribution is -2.45. The molecule has 1 aliphatic rings. The van der Waals surface area contributed by atoms with E-state index in [4.69, 9.17) is 11.6 Å². The summed E-state index contributed by atoms with van der Waals surface area (Å²) < 4.78 is 0. The molecule has 1 atom stereocenters. The Kier molecular flexibility index (Phi) is 3.85. The fraction of sp³-hybridized carbons (Fsp3) is 0.500. The fourth-order valence-corrected chi connectivity index (χ4v) is 2.78. The van der Waals surface area contributed by atoms with Crippen molar-refractivity contribution in [2.75, 3.05) is 13.1 Å². The van der Waals surface area contributed by atoms with Gasteiger partial charge in [0.25, 0.3) is 0 Å². The van der Waals surface area contributed by atoms with E-state index in [0.29, 0.717) is 10.6 Å². The van der Waals surface area contributed by atoms with Gasteiger partial charge in [0.05, 0.1) is 5.02 Å². The third-order valence-corrected chi connectivity index (χ3v) is 4.08. The SMILES string of the molecule is CCC1(C(=O)c2ccccc2Cl)CCCNC1. The summed E-state index contributed by atoms with van der Waals surface area (Å²) >= 11 is 6.12. The third kappa shape index (κ3) is 2.38. The highest BCUT2D eigenvalue weighted by Gasteiger charge is 2.38. The quantitative estimate of drug-likeness (QED) is 0.836. The first-order valence-electron chi connectivity index (χ1n) is 6.20. The van der Waals surface area contributed by atoms with Crippen molar-refractivity contribution in [2.24, 2.45) is 5.41 Å². The fourth-order valence-electron chi connectivity index (χ4n) is 2.56. The van der Waals surface area contributed by atoms with E-state index in [-0.39, 0.29) is 11.2 Å². The zero-order valence-electron chi connectivity index (χ0n) is 10.1. The van der Waals surface area contributed by atoms with Crippen molar-refractivity contribution in [3.63, 3.8) is 0 Å². The molecule has 0 bridgehead atoms. The van der Waals surface area contributed by atoms with Crippen molar-refractivity contribution in [3.8, 4) is 0 Å². The molecule has 17 heavy (non-hydrogen) atoms. The normalized spacial score (nSPS) is 24.6. The lowest BCUT2D eigenvalue weighted by Gasteiger charge is -2.35. The molecule has 1 aromatic carbocycles. The van der Waals surface area contributed by atoms with Gasteiger partial charge in [-0.15, -0.1) is 0 Å². The lowest BCUT2D eigenvalue weighted by atomic mass is 9.73. The summed E-state index contributed by atoms with van der Waals surface area (Å²) in [4.78, 5) is 12.6. The molecule has 1 aromatic rings. The maximum atomic E-state index is 12.6. The number of halogens is 1. The number of hydrogen-bond donors (Lipinski definition) is 1. The minimum absolute atomic E-state index is 0.192. The van der Waals surface area contributed by atoms with E-state index < -0.39 is 0 Å². The second-order valence-corrected chi connectivity index (χ2v) is 5.13. The highest BCUT2D eigenvalue weighted by molar-refractivity contribution is 6.34. The van der Waals surface area contributed by atoms with Gasteiger partial charge in [-0.1, -0.05) is 30.7 Å². The van der Waals surface area contributed by atoms with E-state index in [2.05, 4.69) is 12.2 Å². The average Bonchev–Trinajstić information content (AvgIpc) is 2.39. The second kappa shape index (κ2) is 5.19. The molecule has 0 spiro atoms. The molecule has 2 rings (SSSR count). The Morgan fingerprint density at radius 3 is 2.82 bits per heavy atom. The molecule has 1 aliphatic heterocycles. The van der Waals surface area contributed by atoms with Gasteiger partial charge in [0, 0.05) is 17.5 Å². The van der Waals surface area contributed by atoms with Gasteiger partial charge in [-0.05, 0) is 37.9 Å². The van der Waals surface area contributed by atoms with Crippen LogP contribution in [0.2, 0.25) is 5.02 Å². The van der Waals surface area contributed by atoms with Crippen molar-refractivity contribution in [2.45, 2.75) is 26.2 Å². The first kappa shape index (κ1) is 12.6. The summed E-state index contributed by atoms with van der Waals surface area (Å²) in [5.41, 5.74) is 0.406. The molecule has 0 saturated carbocycles. The molecule has 0 aromatic heterocycles. The largest absolute Gasteiger partial charge is 0.316 e. The second-order valence-electron chi connectivity index (χ2n) is 4.72. The highest BCUT2D eigenvalue weighted by Crippen LogP contribution is 2.35. The Morgan fingerprint density at radius 2 is 2.24 bits per heavy atom. The minimum Gasteiger partial charge on any atom is -0.316 e. The molecule has 1 unspecified atom stereocenters. The molecule has 0 amide bonds. The molecule has 2 nitrogen and oxygen atoms in total. The van der Waals surface area contributed by atoms with E-state index in [0.717, 1.165) is 32.4 Å². The molecule has 92 valence electrons. The van der Waals surface area contributed by atoms with Crippen LogP contribution in [0.15, 0.2) is 24.3 Å². The summed E-state index contributed by atoms with van der Waals surface area (Å²) in [7, 11) is 0. The number of piperidine rings is 1. The molecular formula is C14H18ClNO. The summed E-state index contributed by atoms with van der Waals surface area (Å²) in [5.74, 6) is 0.192. The van der Waals surface area contributed by atoms with Gasteiger partial charge in [-0.2, -0.15) is 0 Å². The Balaban J connectivity index is 2.32. The van der Waals surface area contributed by atoms with Gasteiger partial charge in [0.2, 0.25) is 0 Å². The third-order valence-electron chi connectivity index (χ3n) is 3.75. The predicted molar refractivity (Wildman–Crippen MR) is 70.6 cm³/mol. The van der Waals surface area contributed by atoms with Gasteiger partial charge in [-0.3, -0.25) is 4.79 Å². The molecule has 1 N–H and O–H groups in total. The molecule has 1 fully saturated rings. The molecular weight excluding hydrogens is 234 g/mol. The highest BCUT2D eigenvalue weighted by atomic mass is 35.5. The Morgan fingerprint density at radius 1 is 1.47 bits per heavy atom. The van der Waals surface area contributed by atoms with Crippen LogP contribution in [0, 0.1) is 5.41 Å². The van der Waals surface area contributed by atoms with E-state index in [1.54, 1.807) is 6.07 Å². The van der Waals surface area contributed by atoms with Crippen LogP contribution < -0.4 is 5.32 Å². The van der Waals surface area contributed by atoms with Crippen molar-refractivity contribution in [1.82, 2.24) is 5.32 Å².